The molecule has 2 rings (SSSR count). The normalized spacial score (nSPS) is 10.0. The molecule has 0 fully saturated rings. The van der Waals surface area contributed by atoms with E-state index in [9.17, 15) is 9.18 Å². The Balaban J connectivity index is 0.000000686. The Morgan fingerprint density at radius 1 is 1.35 bits per heavy atom. The average molecular weight is 301 g/mol. The van der Waals surface area contributed by atoms with E-state index in [1.807, 2.05) is 13.8 Å². The van der Waals surface area contributed by atoms with E-state index in [1.165, 1.54) is 6.07 Å². The summed E-state index contributed by atoms with van der Waals surface area (Å²) in [5.74, 6) is 0.109. The highest BCUT2D eigenvalue weighted by atomic mass is 79.9. The van der Waals surface area contributed by atoms with Gasteiger partial charge < -0.3 is 4.98 Å². The van der Waals surface area contributed by atoms with Crippen molar-refractivity contribution in [2.45, 2.75) is 27.7 Å². The van der Waals surface area contributed by atoms with Crippen LogP contribution in [-0.4, -0.2) is 9.97 Å². The monoisotopic (exact) mass is 300 g/mol. The minimum atomic E-state index is -0.375. The van der Waals surface area contributed by atoms with Crippen LogP contribution in [0.25, 0.3) is 10.9 Å². The summed E-state index contributed by atoms with van der Waals surface area (Å²) in [6, 6.07) is 1.45. The summed E-state index contributed by atoms with van der Waals surface area (Å²) in [6.45, 7) is 7.27. The van der Waals surface area contributed by atoms with Crippen molar-refractivity contribution in [3.05, 3.63) is 38.1 Å². The SMILES string of the molecule is CC.Cc1nc2c(C)c(F)c(Br)cc2c(=O)[nH]1. The second-order valence-electron chi connectivity index (χ2n) is 3.34. The van der Waals surface area contributed by atoms with Crippen molar-refractivity contribution in [1.29, 1.82) is 0 Å². The number of aromatic amines is 1. The van der Waals surface area contributed by atoms with E-state index in [4.69, 9.17) is 0 Å². The molecule has 0 saturated carbocycles. The smallest absolute Gasteiger partial charge is 0.258 e. The topological polar surface area (TPSA) is 45.8 Å². The van der Waals surface area contributed by atoms with Gasteiger partial charge in [-0.25, -0.2) is 9.37 Å². The Morgan fingerprint density at radius 3 is 2.53 bits per heavy atom. The maximum absolute atomic E-state index is 13.5. The van der Waals surface area contributed by atoms with Crippen LogP contribution in [0.4, 0.5) is 4.39 Å². The van der Waals surface area contributed by atoms with Gasteiger partial charge in [-0.1, -0.05) is 13.8 Å². The number of nitrogens with zero attached hydrogens (tertiary/aromatic N) is 1. The van der Waals surface area contributed by atoms with Crippen molar-refractivity contribution in [3.63, 3.8) is 0 Å². The molecule has 0 saturated heterocycles. The molecule has 0 spiro atoms. The summed E-state index contributed by atoms with van der Waals surface area (Å²) >= 11 is 3.06. The summed E-state index contributed by atoms with van der Waals surface area (Å²) in [5.41, 5.74) is 0.548. The molecule has 0 aliphatic carbocycles. The molecule has 0 amide bonds. The molecule has 0 radical (unpaired) electrons. The van der Waals surface area contributed by atoms with Crippen LogP contribution in [0.1, 0.15) is 25.2 Å². The fraction of sp³-hybridized carbons (Fsp3) is 0.333. The second kappa shape index (κ2) is 5.40. The van der Waals surface area contributed by atoms with Crippen LogP contribution in [0.2, 0.25) is 0 Å². The summed E-state index contributed by atoms with van der Waals surface area (Å²) in [6.07, 6.45) is 0. The molecule has 3 nitrogen and oxygen atoms in total. The molecular formula is C12H14BrFN2O. The van der Waals surface area contributed by atoms with E-state index in [0.29, 0.717) is 22.3 Å². The molecule has 1 heterocycles. The first-order valence-corrected chi connectivity index (χ1v) is 6.15. The molecule has 5 heteroatoms. The van der Waals surface area contributed by atoms with Crippen LogP contribution in [0.5, 0.6) is 0 Å². The highest BCUT2D eigenvalue weighted by molar-refractivity contribution is 9.10. The molecule has 0 aliphatic heterocycles. The maximum atomic E-state index is 13.5. The number of rotatable bonds is 0. The van der Waals surface area contributed by atoms with Gasteiger partial charge in [0.1, 0.15) is 11.6 Å². The third-order valence-corrected chi connectivity index (χ3v) is 2.82. The lowest BCUT2D eigenvalue weighted by molar-refractivity contribution is 0.613. The van der Waals surface area contributed by atoms with Gasteiger partial charge >= 0.3 is 0 Å². The summed E-state index contributed by atoms with van der Waals surface area (Å²) < 4.78 is 13.8. The molecule has 92 valence electrons. The fourth-order valence-corrected chi connectivity index (χ4v) is 2.01. The summed E-state index contributed by atoms with van der Waals surface area (Å²) in [4.78, 5) is 18.3. The molecule has 0 aliphatic rings. The Bertz CT molecular complexity index is 607. The number of aromatic nitrogens is 2. The first kappa shape index (κ1) is 13.8. The van der Waals surface area contributed by atoms with Gasteiger partial charge in [0.25, 0.3) is 5.56 Å². The Hall–Kier alpha value is -1.23. The number of nitrogens with one attached hydrogen (secondary N) is 1. The fourth-order valence-electron chi connectivity index (χ4n) is 1.49. The van der Waals surface area contributed by atoms with Crippen LogP contribution in [-0.2, 0) is 0 Å². The number of H-pyrrole nitrogens is 1. The van der Waals surface area contributed by atoms with Gasteiger partial charge in [0, 0.05) is 5.56 Å². The molecule has 0 bridgehead atoms. The standard InChI is InChI=1S/C10H8BrFN2O.C2H6/c1-4-8(12)7(11)3-6-9(4)13-5(2)14-10(6)15;1-2/h3H,1-2H3,(H,13,14,15);1-2H3. The Morgan fingerprint density at radius 2 is 1.94 bits per heavy atom. The highest BCUT2D eigenvalue weighted by Gasteiger charge is 2.11. The molecule has 0 atom stereocenters. The molecule has 1 aromatic carbocycles. The van der Waals surface area contributed by atoms with Crippen LogP contribution < -0.4 is 5.56 Å². The van der Waals surface area contributed by atoms with E-state index in [2.05, 4.69) is 25.9 Å². The lowest BCUT2D eigenvalue weighted by atomic mass is 10.1. The zero-order valence-electron chi connectivity index (χ0n) is 10.2. The quantitative estimate of drug-likeness (QED) is 0.810. The Labute approximate surface area is 107 Å². The number of benzene rings is 1. The lowest BCUT2D eigenvalue weighted by Crippen LogP contribution is -2.11. The number of fused-ring (bicyclic) bond motifs is 1. The van der Waals surface area contributed by atoms with Crippen LogP contribution in [0.15, 0.2) is 15.3 Å². The largest absolute Gasteiger partial charge is 0.310 e. The van der Waals surface area contributed by atoms with Crippen molar-refractivity contribution >= 4 is 26.8 Å². The lowest BCUT2D eigenvalue weighted by Gasteiger charge is -2.04. The number of halogens is 2. The van der Waals surface area contributed by atoms with Gasteiger partial charge in [0.15, 0.2) is 0 Å². The van der Waals surface area contributed by atoms with Gasteiger partial charge in [0.2, 0.25) is 0 Å². The minimum Gasteiger partial charge on any atom is -0.310 e. The third kappa shape index (κ3) is 2.54. The van der Waals surface area contributed by atoms with E-state index < -0.39 is 0 Å². The predicted octanol–water partition coefficient (Wildman–Crippen LogP) is 3.47. The van der Waals surface area contributed by atoms with Gasteiger partial charge in [-0.2, -0.15) is 0 Å². The molecule has 1 N–H and O–H groups in total. The van der Waals surface area contributed by atoms with E-state index >= 15 is 0 Å². The third-order valence-electron chi connectivity index (χ3n) is 2.24. The van der Waals surface area contributed by atoms with Crippen molar-refractivity contribution in [2.75, 3.05) is 0 Å². The zero-order chi connectivity index (χ0) is 13.2. The minimum absolute atomic E-state index is 0.249. The predicted molar refractivity (Wildman–Crippen MR) is 70.8 cm³/mol. The van der Waals surface area contributed by atoms with Crippen LogP contribution >= 0.6 is 15.9 Å². The number of hydrogen-bond donors (Lipinski definition) is 1. The van der Waals surface area contributed by atoms with Gasteiger partial charge in [-0.05, 0) is 35.8 Å². The highest BCUT2D eigenvalue weighted by Crippen LogP contribution is 2.24. The number of aryl methyl sites for hydroxylation is 2. The summed E-state index contributed by atoms with van der Waals surface area (Å²) in [5, 5.41) is 0.395. The van der Waals surface area contributed by atoms with Crippen LogP contribution in [0.3, 0.4) is 0 Å². The van der Waals surface area contributed by atoms with Crippen LogP contribution in [0, 0.1) is 19.7 Å². The van der Waals surface area contributed by atoms with Crippen molar-refractivity contribution in [2.24, 2.45) is 0 Å². The van der Waals surface area contributed by atoms with E-state index in [0.717, 1.165) is 0 Å². The first-order valence-electron chi connectivity index (χ1n) is 5.36. The van der Waals surface area contributed by atoms with Gasteiger partial charge in [0.05, 0.1) is 15.4 Å². The summed E-state index contributed by atoms with van der Waals surface area (Å²) in [7, 11) is 0. The first-order chi connectivity index (χ1) is 8.00. The molecule has 17 heavy (non-hydrogen) atoms. The van der Waals surface area contributed by atoms with E-state index in [1.54, 1.807) is 13.8 Å². The molecule has 0 unspecified atom stereocenters. The van der Waals surface area contributed by atoms with Crippen molar-refractivity contribution in [1.82, 2.24) is 9.97 Å². The van der Waals surface area contributed by atoms with Crippen molar-refractivity contribution in [3.8, 4) is 0 Å². The van der Waals surface area contributed by atoms with E-state index in [-0.39, 0.29) is 15.8 Å². The number of hydrogen-bond acceptors (Lipinski definition) is 2. The second-order valence-corrected chi connectivity index (χ2v) is 4.20. The maximum Gasteiger partial charge on any atom is 0.258 e. The molecule has 2 aromatic rings. The molecular weight excluding hydrogens is 287 g/mol. The molecule has 1 aromatic heterocycles. The average Bonchev–Trinajstić information content (AvgIpc) is 2.31. The Kier molecular flexibility index (Phi) is 4.40. The van der Waals surface area contributed by atoms with Crippen molar-refractivity contribution < 1.29 is 4.39 Å². The van der Waals surface area contributed by atoms with Gasteiger partial charge in [-0.3, -0.25) is 4.79 Å². The zero-order valence-corrected chi connectivity index (χ0v) is 11.8. The van der Waals surface area contributed by atoms with Gasteiger partial charge in [-0.15, -0.1) is 0 Å².